The predicted octanol–water partition coefficient (Wildman–Crippen LogP) is 3.12. The van der Waals surface area contributed by atoms with E-state index in [2.05, 4.69) is 0 Å². The molecule has 0 aliphatic heterocycles. The molecule has 0 spiro atoms. The lowest BCUT2D eigenvalue weighted by Gasteiger charge is -2.10. The van der Waals surface area contributed by atoms with Crippen molar-refractivity contribution in [1.82, 2.24) is 0 Å². The summed E-state index contributed by atoms with van der Waals surface area (Å²) < 4.78 is 40.2. The van der Waals surface area contributed by atoms with Gasteiger partial charge < -0.3 is 4.74 Å². The van der Waals surface area contributed by atoms with Gasteiger partial charge in [-0.25, -0.2) is 12.8 Å². The quantitative estimate of drug-likeness (QED) is 0.812. The summed E-state index contributed by atoms with van der Waals surface area (Å²) in [5.74, 6) is 0.437. The average molecular weight is 289 g/mol. The van der Waals surface area contributed by atoms with Crippen molar-refractivity contribution in [1.29, 1.82) is 0 Å². The Morgan fingerprint density at radius 1 is 1.11 bits per heavy atom. The minimum Gasteiger partial charge on any atom is -0.490 e. The first-order chi connectivity index (χ1) is 8.54. The van der Waals surface area contributed by atoms with E-state index in [0.717, 1.165) is 0 Å². The highest BCUT2D eigenvalue weighted by atomic mass is 35.7. The van der Waals surface area contributed by atoms with Crippen LogP contribution in [0.1, 0.15) is 0 Å². The molecule has 6 heteroatoms. The summed E-state index contributed by atoms with van der Waals surface area (Å²) in [5, 5.41) is 1.05. The van der Waals surface area contributed by atoms with Crippen LogP contribution in [0.2, 0.25) is 0 Å². The number of benzene rings is 2. The highest BCUT2D eigenvalue weighted by Gasteiger charge is 2.16. The maximum Gasteiger partial charge on any atom is 0.261 e. The van der Waals surface area contributed by atoms with Gasteiger partial charge in [-0.15, -0.1) is 0 Å². The molecule has 0 N–H and O–H groups in total. The Labute approximate surface area is 109 Å². The van der Waals surface area contributed by atoms with Crippen LogP contribution in [0.25, 0.3) is 10.8 Å². The van der Waals surface area contributed by atoms with Gasteiger partial charge in [-0.3, -0.25) is 0 Å². The first-order valence-electron chi connectivity index (χ1n) is 5.19. The van der Waals surface area contributed by atoms with E-state index in [0.29, 0.717) is 16.5 Å². The van der Waals surface area contributed by atoms with Crippen molar-refractivity contribution in [2.75, 3.05) is 13.3 Å². The van der Waals surface area contributed by atoms with Crippen molar-refractivity contribution in [2.45, 2.75) is 4.90 Å². The van der Waals surface area contributed by atoms with E-state index in [1.807, 2.05) is 0 Å². The van der Waals surface area contributed by atoms with Gasteiger partial charge in [0.2, 0.25) is 0 Å². The van der Waals surface area contributed by atoms with Gasteiger partial charge in [-0.05, 0) is 12.1 Å². The van der Waals surface area contributed by atoms with E-state index in [4.69, 9.17) is 15.4 Å². The molecule has 0 aromatic heterocycles. The van der Waals surface area contributed by atoms with Crippen LogP contribution in [0.4, 0.5) is 4.39 Å². The monoisotopic (exact) mass is 288 g/mol. The number of hydrogen-bond acceptors (Lipinski definition) is 3. The lowest BCUT2D eigenvalue weighted by atomic mass is 10.1. The second-order valence-corrected chi connectivity index (χ2v) is 6.12. The summed E-state index contributed by atoms with van der Waals surface area (Å²) >= 11 is 0. The molecule has 0 aliphatic rings. The van der Waals surface area contributed by atoms with Crippen molar-refractivity contribution in [3.63, 3.8) is 0 Å². The van der Waals surface area contributed by atoms with Gasteiger partial charge in [-0.1, -0.05) is 24.3 Å². The summed E-state index contributed by atoms with van der Waals surface area (Å²) in [6.07, 6.45) is 0. The number of rotatable bonds is 4. The third-order valence-corrected chi connectivity index (χ3v) is 3.82. The van der Waals surface area contributed by atoms with E-state index >= 15 is 0 Å². The van der Waals surface area contributed by atoms with Crippen molar-refractivity contribution in [2.24, 2.45) is 0 Å². The van der Waals surface area contributed by atoms with E-state index in [-0.39, 0.29) is 11.5 Å². The number of ether oxygens (including phenoxy) is 1. The molecule has 2 aromatic carbocycles. The molecule has 0 radical (unpaired) electrons. The molecular weight excluding hydrogens is 279 g/mol. The number of fused-ring (bicyclic) bond motifs is 1. The standard InChI is InChI=1S/C12H10ClFO3S/c13-18(15,16)12-6-5-11(17-8-7-14)9-3-1-2-4-10(9)12/h1-6H,7-8H2. The highest BCUT2D eigenvalue weighted by Crippen LogP contribution is 2.32. The zero-order valence-corrected chi connectivity index (χ0v) is 10.8. The van der Waals surface area contributed by atoms with Gasteiger partial charge >= 0.3 is 0 Å². The molecule has 0 amide bonds. The minimum absolute atomic E-state index is 0.0207. The van der Waals surface area contributed by atoms with Gasteiger partial charge in [0, 0.05) is 21.5 Å². The lowest BCUT2D eigenvalue weighted by Crippen LogP contribution is -2.00. The van der Waals surface area contributed by atoms with Crippen molar-refractivity contribution >= 4 is 30.5 Å². The van der Waals surface area contributed by atoms with E-state index in [9.17, 15) is 12.8 Å². The summed E-state index contributed by atoms with van der Waals surface area (Å²) in [5.41, 5.74) is 0. The van der Waals surface area contributed by atoms with Crippen LogP contribution in [0.3, 0.4) is 0 Å². The van der Waals surface area contributed by atoms with Crippen molar-refractivity contribution in [3.8, 4) is 5.75 Å². The minimum atomic E-state index is -3.82. The maximum absolute atomic E-state index is 12.1. The Hall–Kier alpha value is -1.33. The highest BCUT2D eigenvalue weighted by molar-refractivity contribution is 8.14. The topological polar surface area (TPSA) is 43.4 Å². The molecule has 3 nitrogen and oxygen atoms in total. The predicted molar refractivity (Wildman–Crippen MR) is 68.5 cm³/mol. The molecule has 0 bridgehead atoms. The third-order valence-electron chi connectivity index (χ3n) is 2.44. The Morgan fingerprint density at radius 3 is 2.39 bits per heavy atom. The zero-order valence-electron chi connectivity index (χ0n) is 9.27. The smallest absolute Gasteiger partial charge is 0.261 e. The molecule has 0 fully saturated rings. The van der Waals surface area contributed by atoms with Gasteiger partial charge in [0.25, 0.3) is 9.05 Å². The van der Waals surface area contributed by atoms with Crippen LogP contribution in [0, 0.1) is 0 Å². The van der Waals surface area contributed by atoms with Gasteiger partial charge in [0.05, 0.1) is 4.90 Å². The SMILES string of the molecule is O=S(=O)(Cl)c1ccc(OCCF)c2ccccc12. The molecule has 0 unspecified atom stereocenters. The fourth-order valence-electron chi connectivity index (χ4n) is 1.73. The van der Waals surface area contributed by atoms with Crippen molar-refractivity contribution < 1.29 is 17.5 Å². The van der Waals surface area contributed by atoms with Crippen LogP contribution >= 0.6 is 10.7 Å². The molecule has 0 saturated carbocycles. The van der Waals surface area contributed by atoms with Crippen LogP contribution in [0.5, 0.6) is 5.75 Å². The molecule has 2 aromatic rings. The fourth-order valence-corrected chi connectivity index (χ4v) is 2.81. The maximum atomic E-state index is 12.1. The molecular formula is C12H10ClFO3S. The summed E-state index contributed by atoms with van der Waals surface area (Å²) in [6, 6.07) is 9.62. The Balaban J connectivity index is 2.66. The van der Waals surface area contributed by atoms with E-state index < -0.39 is 15.7 Å². The first kappa shape index (κ1) is 13.1. The van der Waals surface area contributed by atoms with Crippen molar-refractivity contribution in [3.05, 3.63) is 36.4 Å². The van der Waals surface area contributed by atoms with E-state index in [1.165, 1.54) is 12.1 Å². The second kappa shape index (κ2) is 5.12. The zero-order chi connectivity index (χ0) is 13.2. The Bertz CT molecular complexity index is 670. The normalized spacial score (nSPS) is 11.7. The molecule has 0 atom stereocenters. The van der Waals surface area contributed by atoms with Crippen LogP contribution in [0.15, 0.2) is 41.3 Å². The van der Waals surface area contributed by atoms with Gasteiger partial charge in [-0.2, -0.15) is 0 Å². The van der Waals surface area contributed by atoms with Crippen LogP contribution in [-0.2, 0) is 9.05 Å². The molecule has 96 valence electrons. The van der Waals surface area contributed by atoms with E-state index in [1.54, 1.807) is 24.3 Å². The van der Waals surface area contributed by atoms with Crippen LogP contribution in [-0.4, -0.2) is 21.7 Å². The number of alkyl halides is 1. The van der Waals surface area contributed by atoms with Gasteiger partial charge in [0.15, 0.2) is 0 Å². The number of halogens is 2. The molecule has 0 heterocycles. The Morgan fingerprint density at radius 2 is 1.78 bits per heavy atom. The molecule has 0 saturated heterocycles. The third kappa shape index (κ3) is 2.57. The lowest BCUT2D eigenvalue weighted by molar-refractivity contribution is 0.276. The van der Waals surface area contributed by atoms with Gasteiger partial charge in [0.1, 0.15) is 19.0 Å². The fraction of sp³-hybridized carbons (Fsp3) is 0.167. The second-order valence-electron chi connectivity index (χ2n) is 3.58. The first-order valence-corrected chi connectivity index (χ1v) is 7.50. The largest absolute Gasteiger partial charge is 0.490 e. The molecule has 18 heavy (non-hydrogen) atoms. The Kier molecular flexibility index (Phi) is 3.73. The molecule has 2 rings (SSSR count). The average Bonchev–Trinajstić information content (AvgIpc) is 2.34. The summed E-state index contributed by atoms with van der Waals surface area (Å²) in [6.45, 7) is -0.680. The number of hydrogen-bond donors (Lipinski definition) is 0. The van der Waals surface area contributed by atoms with Crippen LogP contribution < -0.4 is 4.74 Å². The summed E-state index contributed by atoms with van der Waals surface area (Å²) in [4.78, 5) is 0.0207. The molecule has 0 aliphatic carbocycles. The summed E-state index contributed by atoms with van der Waals surface area (Å²) in [7, 11) is 1.54.